The Morgan fingerprint density at radius 1 is 1.04 bits per heavy atom. The van der Waals surface area contributed by atoms with Crippen LogP contribution in [0, 0.1) is 5.92 Å². The molecule has 0 aliphatic carbocycles. The lowest BCUT2D eigenvalue weighted by molar-refractivity contribution is -0.138. The van der Waals surface area contributed by atoms with Crippen LogP contribution in [0.3, 0.4) is 0 Å². The van der Waals surface area contributed by atoms with Gasteiger partial charge in [0.05, 0.1) is 0 Å². The molecule has 3 nitrogen and oxygen atoms in total. The molecule has 0 N–H and O–H groups in total. The highest BCUT2D eigenvalue weighted by atomic mass is 16.2. The smallest absolute Gasteiger partial charge is 0.223 e. The normalized spacial score (nSPS) is 21.3. The summed E-state index contributed by atoms with van der Waals surface area (Å²) in [5.41, 5.74) is 1.83. The second-order valence-electron chi connectivity index (χ2n) is 6.12. The second kappa shape index (κ2) is 6.78. The summed E-state index contributed by atoms with van der Waals surface area (Å²) < 4.78 is 0. The first-order chi connectivity index (χ1) is 11.2. The highest BCUT2D eigenvalue weighted by Crippen LogP contribution is 2.29. The van der Waals surface area contributed by atoms with E-state index in [0.29, 0.717) is 19.4 Å². The van der Waals surface area contributed by atoms with Crippen LogP contribution in [-0.2, 0) is 11.3 Å². The monoisotopic (exact) mass is 307 g/mol. The molecule has 2 atom stereocenters. The molecule has 3 rings (SSSR count). The number of carbonyl (C=O) groups is 2. The number of piperidine rings is 1. The van der Waals surface area contributed by atoms with Crippen molar-refractivity contribution in [2.24, 2.45) is 5.92 Å². The Kier molecular flexibility index (Phi) is 4.56. The van der Waals surface area contributed by atoms with Gasteiger partial charge in [-0.1, -0.05) is 60.7 Å². The van der Waals surface area contributed by atoms with Crippen molar-refractivity contribution >= 4 is 11.7 Å². The molecule has 118 valence electrons. The fourth-order valence-corrected chi connectivity index (χ4v) is 3.29. The van der Waals surface area contributed by atoms with Crippen LogP contribution in [0.5, 0.6) is 0 Å². The molecule has 0 bridgehead atoms. The Morgan fingerprint density at radius 3 is 2.30 bits per heavy atom. The number of benzene rings is 2. The largest absolute Gasteiger partial charge is 0.335 e. The van der Waals surface area contributed by atoms with Gasteiger partial charge in [-0.2, -0.15) is 0 Å². The van der Waals surface area contributed by atoms with E-state index >= 15 is 0 Å². The van der Waals surface area contributed by atoms with Crippen molar-refractivity contribution in [3.8, 4) is 0 Å². The van der Waals surface area contributed by atoms with E-state index in [-0.39, 0.29) is 23.7 Å². The molecule has 0 aromatic heterocycles. The van der Waals surface area contributed by atoms with Gasteiger partial charge in [0.15, 0.2) is 5.78 Å². The van der Waals surface area contributed by atoms with Gasteiger partial charge in [-0.15, -0.1) is 0 Å². The lowest BCUT2D eigenvalue weighted by atomic mass is 9.83. The summed E-state index contributed by atoms with van der Waals surface area (Å²) in [4.78, 5) is 27.0. The van der Waals surface area contributed by atoms with Gasteiger partial charge in [-0.3, -0.25) is 9.59 Å². The number of hydrogen-bond acceptors (Lipinski definition) is 2. The zero-order valence-corrected chi connectivity index (χ0v) is 13.3. The van der Waals surface area contributed by atoms with Crippen LogP contribution in [-0.4, -0.2) is 22.6 Å². The van der Waals surface area contributed by atoms with Crippen LogP contribution in [0.15, 0.2) is 60.7 Å². The molecule has 0 unspecified atom stereocenters. The minimum absolute atomic E-state index is 0.0795. The molecule has 1 amide bonds. The molecule has 0 spiro atoms. The molecule has 1 aliphatic heterocycles. The topological polar surface area (TPSA) is 37.4 Å². The molecule has 3 heteroatoms. The summed E-state index contributed by atoms with van der Waals surface area (Å²) in [6, 6.07) is 19.2. The van der Waals surface area contributed by atoms with E-state index in [1.807, 2.05) is 72.5 Å². The van der Waals surface area contributed by atoms with Crippen molar-refractivity contribution in [3.63, 3.8) is 0 Å². The van der Waals surface area contributed by atoms with Crippen LogP contribution < -0.4 is 0 Å². The third-order valence-corrected chi connectivity index (χ3v) is 4.65. The molecule has 2 aromatic rings. The number of ketones is 1. The molecular weight excluding hydrogens is 286 g/mol. The number of Topliss-reactive ketones (excluding diaryl/α,β-unsaturated/α-hetero) is 1. The number of likely N-dealkylation sites (tertiary alicyclic amines) is 1. The van der Waals surface area contributed by atoms with Gasteiger partial charge in [0.1, 0.15) is 0 Å². The first kappa shape index (κ1) is 15.5. The van der Waals surface area contributed by atoms with Gasteiger partial charge in [-0.05, 0) is 18.9 Å². The van der Waals surface area contributed by atoms with Crippen molar-refractivity contribution in [1.29, 1.82) is 0 Å². The van der Waals surface area contributed by atoms with Crippen molar-refractivity contribution in [3.05, 3.63) is 71.8 Å². The summed E-state index contributed by atoms with van der Waals surface area (Å²) in [6.45, 7) is 2.56. The number of amides is 1. The molecule has 1 fully saturated rings. The lowest BCUT2D eigenvalue weighted by Gasteiger charge is -2.38. The van der Waals surface area contributed by atoms with Crippen molar-refractivity contribution in [2.45, 2.75) is 32.4 Å². The summed E-state index contributed by atoms with van der Waals surface area (Å²) in [5.74, 6) is 0.154. The molecule has 1 aliphatic rings. The van der Waals surface area contributed by atoms with E-state index in [9.17, 15) is 9.59 Å². The maximum Gasteiger partial charge on any atom is 0.223 e. The molecule has 1 heterocycles. The summed E-state index contributed by atoms with van der Waals surface area (Å²) in [7, 11) is 0. The van der Waals surface area contributed by atoms with Gasteiger partial charge < -0.3 is 4.90 Å². The summed E-state index contributed by atoms with van der Waals surface area (Å²) in [5, 5.41) is 0. The highest BCUT2D eigenvalue weighted by Gasteiger charge is 2.36. The first-order valence-corrected chi connectivity index (χ1v) is 8.09. The highest BCUT2D eigenvalue weighted by molar-refractivity contribution is 5.99. The third-order valence-electron chi connectivity index (χ3n) is 4.65. The minimum atomic E-state index is -0.126. The number of hydrogen-bond donors (Lipinski definition) is 0. The Balaban J connectivity index is 1.79. The molecule has 2 aromatic carbocycles. The van der Waals surface area contributed by atoms with Gasteiger partial charge in [0, 0.05) is 30.5 Å². The quantitative estimate of drug-likeness (QED) is 0.808. The Labute approximate surface area is 136 Å². The van der Waals surface area contributed by atoms with E-state index < -0.39 is 0 Å². The second-order valence-corrected chi connectivity index (χ2v) is 6.12. The van der Waals surface area contributed by atoms with Crippen LogP contribution in [0.1, 0.15) is 35.7 Å². The molecule has 23 heavy (non-hydrogen) atoms. The standard InChI is InChI=1S/C20H21NO2/c1-15-18(20(23)17-10-6-3-7-11-17)12-13-19(22)21(15)14-16-8-4-2-5-9-16/h2-11,15,18H,12-14H2,1H3/t15-,18-/m1/s1. The first-order valence-electron chi connectivity index (χ1n) is 8.09. The fourth-order valence-electron chi connectivity index (χ4n) is 3.29. The SMILES string of the molecule is C[C@@H]1[C@H](C(=O)c2ccccc2)CCC(=O)N1Cc1ccccc1. The Morgan fingerprint density at radius 2 is 1.65 bits per heavy atom. The Bertz CT molecular complexity index is 679. The zero-order valence-electron chi connectivity index (χ0n) is 13.3. The van der Waals surface area contributed by atoms with Crippen molar-refractivity contribution < 1.29 is 9.59 Å². The maximum atomic E-state index is 12.8. The van der Waals surface area contributed by atoms with E-state index in [4.69, 9.17) is 0 Å². The van der Waals surface area contributed by atoms with Crippen molar-refractivity contribution in [2.75, 3.05) is 0 Å². The fraction of sp³-hybridized carbons (Fsp3) is 0.300. The zero-order chi connectivity index (χ0) is 16.2. The van der Waals surface area contributed by atoms with Gasteiger partial charge in [0.25, 0.3) is 0 Å². The predicted molar refractivity (Wildman–Crippen MR) is 90.0 cm³/mol. The molecule has 0 saturated carbocycles. The molecule has 1 saturated heterocycles. The van der Waals surface area contributed by atoms with Crippen LogP contribution in [0.2, 0.25) is 0 Å². The van der Waals surface area contributed by atoms with E-state index in [0.717, 1.165) is 11.1 Å². The Hall–Kier alpha value is -2.42. The summed E-state index contributed by atoms with van der Waals surface area (Å²) in [6.07, 6.45) is 1.08. The van der Waals surface area contributed by atoms with Crippen LogP contribution in [0.4, 0.5) is 0 Å². The third kappa shape index (κ3) is 3.34. The van der Waals surface area contributed by atoms with Gasteiger partial charge in [-0.25, -0.2) is 0 Å². The van der Waals surface area contributed by atoms with Crippen LogP contribution in [0.25, 0.3) is 0 Å². The average Bonchev–Trinajstić information content (AvgIpc) is 2.60. The average molecular weight is 307 g/mol. The summed E-state index contributed by atoms with van der Waals surface area (Å²) >= 11 is 0. The lowest BCUT2D eigenvalue weighted by Crippen LogP contribution is -2.48. The predicted octanol–water partition coefficient (Wildman–Crippen LogP) is 3.70. The maximum absolute atomic E-state index is 12.8. The number of nitrogens with zero attached hydrogens (tertiary/aromatic N) is 1. The van der Waals surface area contributed by atoms with Crippen LogP contribution >= 0.6 is 0 Å². The molecular formula is C20H21NO2. The van der Waals surface area contributed by atoms with Gasteiger partial charge >= 0.3 is 0 Å². The van der Waals surface area contributed by atoms with E-state index in [1.165, 1.54) is 0 Å². The van der Waals surface area contributed by atoms with E-state index in [2.05, 4.69) is 0 Å². The minimum Gasteiger partial charge on any atom is -0.335 e. The number of rotatable bonds is 4. The van der Waals surface area contributed by atoms with Gasteiger partial charge in [0.2, 0.25) is 5.91 Å². The van der Waals surface area contributed by atoms with E-state index in [1.54, 1.807) is 0 Å². The molecule has 0 radical (unpaired) electrons. The number of carbonyl (C=O) groups excluding carboxylic acids is 2. The van der Waals surface area contributed by atoms with Crippen molar-refractivity contribution in [1.82, 2.24) is 4.90 Å².